The summed E-state index contributed by atoms with van der Waals surface area (Å²) in [6.07, 6.45) is 0.544. The van der Waals surface area contributed by atoms with E-state index in [4.69, 9.17) is 4.74 Å². The minimum atomic E-state index is -2.99. The van der Waals surface area contributed by atoms with Gasteiger partial charge in [-0.25, -0.2) is 8.42 Å². The second-order valence-electron chi connectivity index (χ2n) is 7.40. The number of methoxy groups -OCH3 is 1. The maximum atomic E-state index is 12.8. The van der Waals surface area contributed by atoms with E-state index < -0.39 is 9.84 Å². The van der Waals surface area contributed by atoms with Crippen molar-refractivity contribution in [1.29, 1.82) is 0 Å². The maximum Gasteiger partial charge on any atom is 0.239 e. The Hall–Kier alpha value is -1.80. The zero-order valence-corrected chi connectivity index (χ0v) is 17.1. The standard InChI is InChI=1S/C19H29N3O4S/c1-15(19(23)20(2)17-8-13-27(24,25)14-17)21-9-11-22(12-10-21)16-4-6-18(26-3)7-5-16/h4-7,15,17H,8-14H2,1-3H3/t15-,17-/m0/s1. The molecule has 2 aliphatic heterocycles. The van der Waals surface area contributed by atoms with Gasteiger partial charge in [-0.15, -0.1) is 0 Å². The molecule has 150 valence electrons. The Morgan fingerprint density at radius 1 is 1.19 bits per heavy atom. The highest BCUT2D eigenvalue weighted by Crippen LogP contribution is 2.22. The molecule has 2 aliphatic rings. The summed E-state index contributed by atoms with van der Waals surface area (Å²) in [5, 5.41) is 0. The second kappa shape index (κ2) is 8.06. The first kappa shape index (κ1) is 19.9. The minimum Gasteiger partial charge on any atom is -0.497 e. The van der Waals surface area contributed by atoms with Gasteiger partial charge in [0.25, 0.3) is 0 Å². The monoisotopic (exact) mass is 395 g/mol. The lowest BCUT2D eigenvalue weighted by molar-refractivity contribution is -0.136. The number of piperazine rings is 1. The van der Waals surface area contributed by atoms with Crippen LogP contribution >= 0.6 is 0 Å². The second-order valence-corrected chi connectivity index (χ2v) is 9.63. The molecule has 0 spiro atoms. The van der Waals surface area contributed by atoms with Crippen molar-refractivity contribution in [2.75, 3.05) is 56.7 Å². The highest BCUT2D eigenvalue weighted by atomic mass is 32.2. The molecule has 0 aromatic heterocycles. The Labute approximate surface area is 161 Å². The molecule has 0 N–H and O–H groups in total. The van der Waals surface area contributed by atoms with E-state index in [1.165, 1.54) is 0 Å². The van der Waals surface area contributed by atoms with E-state index in [2.05, 4.69) is 21.9 Å². The van der Waals surface area contributed by atoms with Crippen LogP contribution in [0.2, 0.25) is 0 Å². The van der Waals surface area contributed by atoms with Crippen LogP contribution in [-0.2, 0) is 14.6 Å². The number of nitrogens with zero attached hydrogens (tertiary/aromatic N) is 3. The Bertz CT molecular complexity index is 758. The number of ether oxygens (including phenoxy) is 1. The van der Waals surface area contributed by atoms with Crippen molar-refractivity contribution in [2.45, 2.75) is 25.4 Å². The Kier molecular flexibility index (Phi) is 5.95. The van der Waals surface area contributed by atoms with Crippen LogP contribution in [0.1, 0.15) is 13.3 Å². The molecule has 0 radical (unpaired) electrons. The molecule has 2 saturated heterocycles. The number of benzene rings is 1. The van der Waals surface area contributed by atoms with Gasteiger partial charge in [-0.05, 0) is 37.6 Å². The molecule has 0 saturated carbocycles. The third-order valence-electron chi connectivity index (χ3n) is 5.76. The average molecular weight is 396 g/mol. The van der Waals surface area contributed by atoms with E-state index in [0.717, 1.165) is 37.6 Å². The lowest BCUT2D eigenvalue weighted by Crippen LogP contribution is -2.55. The molecule has 1 aromatic carbocycles. The highest BCUT2D eigenvalue weighted by molar-refractivity contribution is 7.91. The van der Waals surface area contributed by atoms with Crippen LogP contribution in [0.15, 0.2) is 24.3 Å². The summed E-state index contributed by atoms with van der Waals surface area (Å²) in [5.74, 6) is 1.13. The van der Waals surface area contributed by atoms with Crippen molar-refractivity contribution in [3.05, 3.63) is 24.3 Å². The van der Waals surface area contributed by atoms with Gasteiger partial charge < -0.3 is 14.5 Å². The topological polar surface area (TPSA) is 70.2 Å². The number of likely N-dealkylation sites (N-methyl/N-ethyl adjacent to an activating group) is 1. The number of hydrogen-bond acceptors (Lipinski definition) is 6. The molecule has 1 aromatic rings. The van der Waals surface area contributed by atoms with Crippen molar-refractivity contribution >= 4 is 21.4 Å². The highest BCUT2D eigenvalue weighted by Gasteiger charge is 2.35. The van der Waals surface area contributed by atoms with Crippen molar-refractivity contribution < 1.29 is 17.9 Å². The Morgan fingerprint density at radius 3 is 2.33 bits per heavy atom. The van der Waals surface area contributed by atoms with Crippen LogP contribution in [0.3, 0.4) is 0 Å². The molecule has 2 heterocycles. The molecule has 0 unspecified atom stereocenters. The first-order valence-corrected chi connectivity index (χ1v) is 11.2. The number of sulfone groups is 1. The molecule has 3 rings (SSSR count). The van der Waals surface area contributed by atoms with Gasteiger partial charge in [-0.2, -0.15) is 0 Å². The smallest absolute Gasteiger partial charge is 0.239 e. The molecular weight excluding hydrogens is 366 g/mol. The van der Waals surface area contributed by atoms with E-state index in [1.807, 2.05) is 19.1 Å². The molecule has 0 bridgehead atoms. The van der Waals surface area contributed by atoms with E-state index in [0.29, 0.717) is 6.42 Å². The third kappa shape index (κ3) is 4.55. The summed E-state index contributed by atoms with van der Waals surface area (Å²) in [6.45, 7) is 5.23. The molecular formula is C19H29N3O4S. The zero-order chi connectivity index (χ0) is 19.6. The fourth-order valence-corrected chi connectivity index (χ4v) is 5.65. The van der Waals surface area contributed by atoms with Gasteiger partial charge in [0, 0.05) is 45.0 Å². The largest absolute Gasteiger partial charge is 0.497 e. The number of anilines is 1. The Balaban J connectivity index is 1.54. The van der Waals surface area contributed by atoms with Crippen molar-refractivity contribution in [1.82, 2.24) is 9.80 Å². The van der Waals surface area contributed by atoms with Crippen LogP contribution < -0.4 is 9.64 Å². The maximum absolute atomic E-state index is 12.8. The summed E-state index contributed by atoms with van der Waals surface area (Å²) in [6, 6.07) is 7.59. The molecule has 8 heteroatoms. The molecule has 2 fully saturated rings. The van der Waals surface area contributed by atoms with E-state index in [9.17, 15) is 13.2 Å². The van der Waals surface area contributed by atoms with Crippen LogP contribution in [-0.4, -0.2) is 88.1 Å². The van der Waals surface area contributed by atoms with Gasteiger partial charge in [0.2, 0.25) is 5.91 Å². The fraction of sp³-hybridized carbons (Fsp3) is 0.632. The quantitative estimate of drug-likeness (QED) is 0.736. The summed E-state index contributed by atoms with van der Waals surface area (Å²) < 4.78 is 28.6. The SMILES string of the molecule is COc1ccc(N2CCN([C@@H](C)C(=O)N(C)[C@H]3CCS(=O)(=O)C3)CC2)cc1. The summed E-state index contributed by atoms with van der Waals surface area (Å²) >= 11 is 0. The fourth-order valence-electron chi connectivity index (χ4n) is 3.87. The number of amides is 1. The number of rotatable bonds is 5. The molecule has 1 amide bonds. The number of carbonyl (C=O) groups is 1. The van der Waals surface area contributed by atoms with Crippen molar-refractivity contribution in [2.24, 2.45) is 0 Å². The average Bonchev–Trinajstić information content (AvgIpc) is 3.06. The molecule has 2 atom stereocenters. The molecule has 27 heavy (non-hydrogen) atoms. The van der Waals surface area contributed by atoms with Crippen LogP contribution in [0.5, 0.6) is 5.75 Å². The zero-order valence-electron chi connectivity index (χ0n) is 16.3. The Morgan fingerprint density at radius 2 is 1.81 bits per heavy atom. The third-order valence-corrected chi connectivity index (χ3v) is 7.51. The van der Waals surface area contributed by atoms with Crippen LogP contribution in [0.25, 0.3) is 0 Å². The first-order valence-electron chi connectivity index (χ1n) is 9.41. The minimum absolute atomic E-state index is 0.00926. The van der Waals surface area contributed by atoms with E-state index >= 15 is 0 Å². The van der Waals surface area contributed by atoms with Crippen molar-refractivity contribution in [3.8, 4) is 5.75 Å². The summed E-state index contributed by atoms with van der Waals surface area (Å²) in [4.78, 5) is 19.0. The predicted octanol–water partition coefficient (Wildman–Crippen LogP) is 0.851. The van der Waals surface area contributed by atoms with Crippen molar-refractivity contribution in [3.63, 3.8) is 0 Å². The lowest BCUT2D eigenvalue weighted by Gasteiger charge is -2.40. The predicted molar refractivity (Wildman–Crippen MR) is 106 cm³/mol. The summed E-state index contributed by atoms with van der Waals surface area (Å²) in [7, 11) is 0.400. The van der Waals surface area contributed by atoms with E-state index in [-0.39, 0.29) is 29.5 Å². The number of hydrogen-bond donors (Lipinski definition) is 0. The van der Waals surface area contributed by atoms with Gasteiger partial charge >= 0.3 is 0 Å². The normalized spacial score (nSPS) is 23.8. The van der Waals surface area contributed by atoms with E-state index in [1.54, 1.807) is 19.1 Å². The van der Waals surface area contributed by atoms with Gasteiger partial charge in [0.05, 0.1) is 24.7 Å². The van der Waals surface area contributed by atoms with Gasteiger partial charge in [-0.3, -0.25) is 9.69 Å². The van der Waals surface area contributed by atoms with Crippen LogP contribution in [0.4, 0.5) is 5.69 Å². The van der Waals surface area contributed by atoms with Gasteiger partial charge in [0.15, 0.2) is 9.84 Å². The lowest BCUT2D eigenvalue weighted by atomic mass is 10.1. The number of carbonyl (C=O) groups excluding carboxylic acids is 1. The van der Waals surface area contributed by atoms with Crippen LogP contribution in [0, 0.1) is 0 Å². The van der Waals surface area contributed by atoms with Gasteiger partial charge in [-0.1, -0.05) is 0 Å². The molecule has 0 aliphatic carbocycles. The molecule has 7 nitrogen and oxygen atoms in total. The van der Waals surface area contributed by atoms with Gasteiger partial charge in [0.1, 0.15) is 5.75 Å². The summed E-state index contributed by atoms with van der Waals surface area (Å²) in [5.41, 5.74) is 1.16. The first-order chi connectivity index (χ1) is 12.8.